The Bertz CT molecular complexity index is 906. The highest BCUT2D eigenvalue weighted by Gasteiger charge is 2.37. The number of sulfonamides is 1. The van der Waals surface area contributed by atoms with Gasteiger partial charge >= 0.3 is 12.4 Å². The number of hydrogen-bond donors (Lipinski definition) is 1. The number of aryl methyl sites for hydroxylation is 1. The van der Waals surface area contributed by atoms with E-state index in [-0.39, 0.29) is 28.1 Å². The average Bonchev–Trinajstić information content (AvgIpc) is 2.47. The van der Waals surface area contributed by atoms with Gasteiger partial charge in [-0.1, -0.05) is 11.6 Å². The summed E-state index contributed by atoms with van der Waals surface area (Å²) in [6.07, 6.45) is -10.2. The molecule has 0 spiro atoms. The van der Waals surface area contributed by atoms with Crippen LogP contribution in [0.1, 0.15) is 16.7 Å². The molecule has 0 aliphatic heterocycles. The van der Waals surface area contributed by atoms with Crippen LogP contribution in [0.2, 0.25) is 5.02 Å². The van der Waals surface area contributed by atoms with E-state index in [1.165, 1.54) is 13.0 Å². The van der Waals surface area contributed by atoms with Gasteiger partial charge in [0.25, 0.3) is 10.0 Å². The molecule has 142 valence electrons. The first-order chi connectivity index (χ1) is 11.7. The number of nitrogens with one attached hydrogen (secondary N) is 1. The fraction of sp³-hybridized carbons (Fsp3) is 0.200. The van der Waals surface area contributed by atoms with Crippen LogP contribution in [0.5, 0.6) is 0 Å². The second kappa shape index (κ2) is 6.66. The van der Waals surface area contributed by atoms with Gasteiger partial charge in [-0.05, 0) is 48.9 Å². The molecule has 0 heterocycles. The molecule has 1 N–H and O–H groups in total. The molecule has 0 radical (unpaired) electrons. The predicted molar refractivity (Wildman–Crippen MR) is 83.4 cm³/mol. The lowest BCUT2D eigenvalue weighted by molar-refractivity contribution is -0.143. The van der Waals surface area contributed by atoms with E-state index in [9.17, 15) is 34.8 Å². The second-order valence-corrected chi connectivity index (χ2v) is 7.40. The molecule has 3 nitrogen and oxygen atoms in total. The van der Waals surface area contributed by atoms with Gasteiger partial charge in [0.15, 0.2) is 0 Å². The summed E-state index contributed by atoms with van der Waals surface area (Å²) >= 11 is 5.77. The fourth-order valence-electron chi connectivity index (χ4n) is 2.01. The molecular formula is C15H10ClF6NO2S. The third kappa shape index (κ3) is 4.61. The predicted octanol–water partition coefficient (Wildman–Crippen LogP) is 5.49. The first kappa shape index (κ1) is 20.4. The highest BCUT2D eigenvalue weighted by Crippen LogP contribution is 2.38. The van der Waals surface area contributed by atoms with Crippen molar-refractivity contribution in [2.75, 3.05) is 4.72 Å². The Morgan fingerprint density at radius 3 is 1.81 bits per heavy atom. The van der Waals surface area contributed by atoms with E-state index >= 15 is 0 Å². The first-order valence-electron chi connectivity index (χ1n) is 6.78. The van der Waals surface area contributed by atoms with Gasteiger partial charge < -0.3 is 0 Å². The summed E-state index contributed by atoms with van der Waals surface area (Å²) in [4.78, 5) is -0.356. The maximum atomic E-state index is 12.8. The molecular weight excluding hydrogens is 408 g/mol. The van der Waals surface area contributed by atoms with Crippen LogP contribution in [-0.4, -0.2) is 8.42 Å². The molecule has 0 aromatic heterocycles. The van der Waals surface area contributed by atoms with Crippen LogP contribution in [0.3, 0.4) is 0 Å². The van der Waals surface area contributed by atoms with Crippen molar-refractivity contribution < 1.29 is 34.8 Å². The number of halogens is 7. The van der Waals surface area contributed by atoms with Crippen molar-refractivity contribution in [2.45, 2.75) is 24.2 Å². The van der Waals surface area contributed by atoms with Gasteiger partial charge in [0.2, 0.25) is 0 Å². The third-order valence-electron chi connectivity index (χ3n) is 3.28. The summed E-state index contributed by atoms with van der Waals surface area (Å²) in [7, 11) is -4.42. The quantitative estimate of drug-likeness (QED) is 0.671. The topological polar surface area (TPSA) is 46.2 Å². The summed E-state index contributed by atoms with van der Waals surface area (Å²) in [5.74, 6) is 0. The zero-order valence-corrected chi connectivity index (χ0v) is 14.4. The van der Waals surface area contributed by atoms with Crippen molar-refractivity contribution >= 4 is 27.3 Å². The van der Waals surface area contributed by atoms with E-state index in [1.54, 1.807) is 4.72 Å². The lowest BCUT2D eigenvalue weighted by atomic mass is 10.1. The summed E-state index contributed by atoms with van der Waals surface area (Å²) in [6, 6.07) is 3.95. The Labute approximate surface area is 149 Å². The molecule has 0 atom stereocenters. The Hall–Kier alpha value is -1.94. The largest absolute Gasteiger partial charge is 0.416 e. The van der Waals surface area contributed by atoms with Crippen LogP contribution in [-0.2, 0) is 22.4 Å². The zero-order valence-electron chi connectivity index (χ0n) is 12.8. The molecule has 0 bridgehead atoms. The van der Waals surface area contributed by atoms with Gasteiger partial charge in [-0.25, -0.2) is 8.42 Å². The van der Waals surface area contributed by atoms with Gasteiger partial charge in [0, 0.05) is 5.02 Å². The van der Waals surface area contributed by atoms with Gasteiger partial charge in [0.1, 0.15) is 0 Å². The molecule has 2 aromatic rings. The molecule has 0 amide bonds. The lowest BCUT2D eigenvalue weighted by Gasteiger charge is -2.15. The molecule has 0 unspecified atom stereocenters. The van der Waals surface area contributed by atoms with Crippen molar-refractivity contribution in [3.8, 4) is 0 Å². The summed E-state index contributed by atoms with van der Waals surface area (Å²) in [5, 5.41) is 0.252. The average molecular weight is 418 g/mol. The van der Waals surface area contributed by atoms with Crippen LogP contribution >= 0.6 is 11.6 Å². The molecule has 0 saturated heterocycles. The monoisotopic (exact) mass is 417 g/mol. The van der Waals surface area contributed by atoms with E-state index in [0.29, 0.717) is 5.56 Å². The van der Waals surface area contributed by atoms with Gasteiger partial charge in [-0.2, -0.15) is 26.3 Å². The van der Waals surface area contributed by atoms with Crippen LogP contribution in [0.15, 0.2) is 41.3 Å². The number of anilines is 1. The molecule has 11 heteroatoms. The fourth-order valence-corrected chi connectivity index (χ4v) is 3.25. The number of alkyl halides is 6. The van der Waals surface area contributed by atoms with Gasteiger partial charge in [-0.15, -0.1) is 0 Å². The molecule has 0 fully saturated rings. The normalized spacial score (nSPS) is 12.9. The SMILES string of the molecule is Cc1cc(S(=O)(=O)Nc2cc(C(F)(F)F)cc(C(F)(F)F)c2)ccc1Cl. The number of rotatable bonds is 3. The Morgan fingerprint density at radius 2 is 1.38 bits per heavy atom. The van der Waals surface area contributed by atoms with E-state index in [2.05, 4.69) is 0 Å². The van der Waals surface area contributed by atoms with Crippen LogP contribution in [0.25, 0.3) is 0 Å². The summed E-state index contributed by atoms with van der Waals surface area (Å²) in [6.45, 7) is 1.49. The second-order valence-electron chi connectivity index (χ2n) is 5.31. The van der Waals surface area contributed by atoms with Crippen molar-refractivity contribution in [2.24, 2.45) is 0 Å². The Morgan fingerprint density at radius 1 is 0.885 bits per heavy atom. The van der Waals surface area contributed by atoms with Crippen LogP contribution < -0.4 is 4.72 Å². The Balaban J connectivity index is 2.52. The molecule has 0 aliphatic rings. The molecule has 0 aliphatic carbocycles. The Kier molecular flexibility index (Phi) is 5.22. The lowest BCUT2D eigenvalue weighted by Crippen LogP contribution is -2.16. The van der Waals surface area contributed by atoms with Crippen LogP contribution in [0.4, 0.5) is 32.0 Å². The molecule has 0 saturated carbocycles. The molecule has 2 aromatic carbocycles. The third-order valence-corrected chi connectivity index (χ3v) is 5.08. The minimum atomic E-state index is -5.09. The smallest absolute Gasteiger partial charge is 0.280 e. The van der Waals surface area contributed by atoms with Crippen molar-refractivity contribution in [1.29, 1.82) is 0 Å². The van der Waals surface area contributed by atoms with Gasteiger partial charge in [-0.3, -0.25) is 4.72 Å². The minimum absolute atomic E-state index is 0.0930. The molecule has 2 rings (SSSR count). The van der Waals surface area contributed by atoms with Crippen molar-refractivity contribution in [3.05, 3.63) is 58.1 Å². The highest BCUT2D eigenvalue weighted by molar-refractivity contribution is 7.92. The van der Waals surface area contributed by atoms with E-state index < -0.39 is 39.2 Å². The maximum absolute atomic E-state index is 12.8. The maximum Gasteiger partial charge on any atom is 0.416 e. The number of benzene rings is 2. The number of hydrogen-bond acceptors (Lipinski definition) is 2. The minimum Gasteiger partial charge on any atom is -0.280 e. The first-order valence-corrected chi connectivity index (χ1v) is 8.65. The van der Waals surface area contributed by atoms with Crippen molar-refractivity contribution in [1.82, 2.24) is 0 Å². The summed E-state index contributed by atoms with van der Waals surface area (Å²) in [5.41, 5.74) is -3.75. The van der Waals surface area contributed by atoms with E-state index in [4.69, 9.17) is 11.6 Å². The van der Waals surface area contributed by atoms with E-state index in [0.717, 1.165) is 12.1 Å². The van der Waals surface area contributed by atoms with Crippen molar-refractivity contribution in [3.63, 3.8) is 0 Å². The van der Waals surface area contributed by atoms with E-state index in [1.807, 2.05) is 0 Å². The molecule has 26 heavy (non-hydrogen) atoms. The standard InChI is InChI=1S/C15H10ClF6NO2S/c1-8-4-12(2-3-13(8)16)26(24,25)23-11-6-9(14(17,18)19)5-10(7-11)15(20,21)22/h2-7,23H,1H3. The summed E-state index contributed by atoms with van der Waals surface area (Å²) < 4.78 is 103. The zero-order chi connectivity index (χ0) is 19.9. The van der Waals surface area contributed by atoms with Gasteiger partial charge in [0.05, 0.1) is 21.7 Å². The highest BCUT2D eigenvalue weighted by atomic mass is 35.5. The van der Waals surface area contributed by atoms with Crippen LogP contribution in [0, 0.1) is 6.92 Å².